The van der Waals surface area contributed by atoms with Crippen molar-refractivity contribution in [2.45, 2.75) is 12.5 Å². The maximum atomic E-state index is 11.7. The molecule has 1 amide bonds. The highest BCUT2D eigenvalue weighted by atomic mass is 16.3. The zero-order valence-corrected chi connectivity index (χ0v) is 12.0. The molecule has 1 unspecified atom stereocenters. The van der Waals surface area contributed by atoms with Crippen LogP contribution in [0, 0.1) is 0 Å². The van der Waals surface area contributed by atoms with Crippen LogP contribution < -0.4 is 5.32 Å². The molecular weight excluding hydrogens is 280 g/mol. The molecule has 5 heteroatoms. The Labute approximate surface area is 129 Å². The highest BCUT2D eigenvalue weighted by molar-refractivity contribution is 5.91. The molecule has 22 heavy (non-hydrogen) atoms. The number of hydrogen-bond donors (Lipinski definition) is 3. The molecule has 0 radical (unpaired) electrons. The lowest BCUT2D eigenvalue weighted by atomic mass is 10.1. The van der Waals surface area contributed by atoms with Gasteiger partial charge in [0, 0.05) is 25.2 Å². The number of aromatic nitrogens is 1. The van der Waals surface area contributed by atoms with Crippen molar-refractivity contribution in [2.75, 3.05) is 6.54 Å². The summed E-state index contributed by atoms with van der Waals surface area (Å²) in [7, 11) is 0. The Bertz CT molecular complexity index is 641. The Morgan fingerprint density at radius 3 is 2.77 bits per heavy atom. The van der Waals surface area contributed by atoms with Gasteiger partial charge < -0.3 is 15.5 Å². The van der Waals surface area contributed by atoms with Crippen LogP contribution in [0.25, 0.3) is 6.08 Å². The maximum absolute atomic E-state index is 11.7. The standard InChI is InChI=1S/C17H18N2O3/c20-15-9-14(10-18-11-15)6-7-17(22)19-12-16(21)8-13-4-2-1-3-5-13/h1-7,9-11,16,20-21H,8,12H2,(H,19,22)/b7-6+. The van der Waals surface area contributed by atoms with Gasteiger partial charge in [-0.05, 0) is 23.3 Å². The number of rotatable bonds is 6. The van der Waals surface area contributed by atoms with Crippen molar-refractivity contribution < 1.29 is 15.0 Å². The number of carbonyl (C=O) groups excluding carboxylic acids is 1. The Morgan fingerprint density at radius 1 is 1.27 bits per heavy atom. The highest BCUT2D eigenvalue weighted by Gasteiger charge is 2.06. The van der Waals surface area contributed by atoms with Gasteiger partial charge in [0.15, 0.2) is 0 Å². The normalized spacial score (nSPS) is 12.2. The predicted molar refractivity (Wildman–Crippen MR) is 84.1 cm³/mol. The van der Waals surface area contributed by atoms with E-state index in [0.717, 1.165) is 5.56 Å². The van der Waals surface area contributed by atoms with E-state index in [1.165, 1.54) is 24.5 Å². The fourth-order valence-electron chi connectivity index (χ4n) is 1.94. The molecule has 1 heterocycles. The van der Waals surface area contributed by atoms with Crippen LogP contribution in [-0.2, 0) is 11.2 Å². The third kappa shape index (κ3) is 5.38. The largest absolute Gasteiger partial charge is 0.506 e. The lowest BCUT2D eigenvalue weighted by Gasteiger charge is -2.10. The van der Waals surface area contributed by atoms with Crippen molar-refractivity contribution in [3.05, 3.63) is 66.0 Å². The zero-order chi connectivity index (χ0) is 15.8. The van der Waals surface area contributed by atoms with Gasteiger partial charge in [-0.1, -0.05) is 30.3 Å². The van der Waals surface area contributed by atoms with E-state index in [1.807, 2.05) is 30.3 Å². The monoisotopic (exact) mass is 298 g/mol. The summed E-state index contributed by atoms with van der Waals surface area (Å²) in [5.74, 6) is -0.267. The van der Waals surface area contributed by atoms with Crippen LogP contribution in [0.2, 0.25) is 0 Å². The molecule has 3 N–H and O–H groups in total. The summed E-state index contributed by atoms with van der Waals surface area (Å²) < 4.78 is 0. The number of aliphatic hydroxyl groups excluding tert-OH is 1. The molecule has 1 atom stereocenters. The number of amides is 1. The number of benzene rings is 1. The van der Waals surface area contributed by atoms with E-state index in [9.17, 15) is 15.0 Å². The van der Waals surface area contributed by atoms with E-state index in [4.69, 9.17) is 0 Å². The molecule has 0 fully saturated rings. The van der Waals surface area contributed by atoms with Crippen LogP contribution >= 0.6 is 0 Å². The molecule has 1 aromatic heterocycles. The zero-order valence-electron chi connectivity index (χ0n) is 12.0. The number of pyridine rings is 1. The van der Waals surface area contributed by atoms with E-state index in [-0.39, 0.29) is 18.2 Å². The Balaban J connectivity index is 1.77. The van der Waals surface area contributed by atoms with Gasteiger partial charge in [-0.2, -0.15) is 0 Å². The fourth-order valence-corrected chi connectivity index (χ4v) is 1.94. The molecule has 0 aliphatic heterocycles. The van der Waals surface area contributed by atoms with Crippen LogP contribution in [0.3, 0.4) is 0 Å². The molecule has 114 valence electrons. The van der Waals surface area contributed by atoms with Gasteiger partial charge in [-0.25, -0.2) is 0 Å². The number of nitrogens with zero attached hydrogens (tertiary/aromatic N) is 1. The SMILES string of the molecule is O=C(/C=C/c1cncc(O)c1)NCC(O)Cc1ccccc1. The van der Waals surface area contributed by atoms with Gasteiger partial charge >= 0.3 is 0 Å². The lowest BCUT2D eigenvalue weighted by molar-refractivity contribution is -0.116. The molecule has 5 nitrogen and oxygen atoms in total. The number of aromatic hydroxyl groups is 1. The van der Waals surface area contributed by atoms with E-state index < -0.39 is 6.10 Å². The third-order valence-electron chi connectivity index (χ3n) is 3.00. The van der Waals surface area contributed by atoms with Crippen LogP contribution in [0.1, 0.15) is 11.1 Å². The molecule has 0 saturated heterocycles. The number of hydrogen-bond acceptors (Lipinski definition) is 4. The summed E-state index contributed by atoms with van der Waals surface area (Å²) >= 11 is 0. The van der Waals surface area contributed by atoms with Crippen molar-refractivity contribution >= 4 is 12.0 Å². The van der Waals surface area contributed by atoms with Crippen LogP contribution in [-0.4, -0.2) is 33.8 Å². The summed E-state index contributed by atoms with van der Waals surface area (Å²) in [5.41, 5.74) is 1.64. The van der Waals surface area contributed by atoms with Crippen molar-refractivity contribution in [1.82, 2.24) is 10.3 Å². The molecular formula is C17H18N2O3. The van der Waals surface area contributed by atoms with Crippen LogP contribution in [0.15, 0.2) is 54.9 Å². The molecule has 0 bridgehead atoms. The van der Waals surface area contributed by atoms with Gasteiger partial charge in [0.25, 0.3) is 0 Å². The molecule has 1 aromatic carbocycles. The minimum atomic E-state index is -0.637. The fraction of sp³-hybridized carbons (Fsp3) is 0.176. The van der Waals surface area contributed by atoms with Gasteiger partial charge in [-0.3, -0.25) is 9.78 Å². The Morgan fingerprint density at radius 2 is 2.05 bits per heavy atom. The summed E-state index contributed by atoms with van der Waals surface area (Å²) in [6, 6.07) is 11.1. The van der Waals surface area contributed by atoms with Crippen molar-refractivity contribution in [2.24, 2.45) is 0 Å². The van der Waals surface area contributed by atoms with Gasteiger partial charge in [-0.15, -0.1) is 0 Å². The van der Waals surface area contributed by atoms with Gasteiger partial charge in [0.05, 0.1) is 12.3 Å². The summed E-state index contributed by atoms with van der Waals surface area (Å²) in [6.07, 6.45) is 5.59. The van der Waals surface area contributed by atoms with Crippen LogP contribution in [0.4, 0.5) is 0 Å². The lowest BCUT2D eigenvalue weighted by Crippen LogP contribution is -2.32. The van der Waals surface area contributed by atoms with Crippen molar-refractivity contribution in [3.8, 4) is 5.75 Å². The summed E-state index contributed by atoms with van der Waals surface area (Å²) in [6.45, 7) is 0.177. The molecule has 0 aliphatic carbocycles. The van der Waals surface area contributed by atoms with Gasteiger partial charge in [0.2, 0.25) is 5.91 Å². The van der Waals surface area contributed by atoms with Crippen molar-refractivity contribution in [3.63, 3.8) is 0 Å². The first-order chi connectivity index (χ1) is 10.6. The Hall–Kier alpha value is -2.66. The maximum Gasteiger partial charge on any atom is 0.244 e. The smallest absolute Gasteiger partial charge is 0.244 e. The minimum absolute atomic E-state index is 0.0424. The minimum Gasteiger partial charge on any atom is -0.506 e. The second-order valence-electron chi connectivity index (χ2n) is 4.90. The molecule has 0 aliphatic rings. The molecule has 0 saturated carbocycles. The number of carbonyl (C=O) groups is 1. The topological polar surface area (TPSA) is 82.5 Å². The van der Waals surface area contributed by atoms with E-state index in [2.05, 4.69) is 10.3 Å². The molecule has 2 aromatic rings. The summed E-state index contributed by atoms with van der Waals surface area (Å²) in [5, 5.41) is 21.8. The molecule has 0 spiro atoms. The highest BCUT2D eigenvalue weighted by Crippen LogP contribution is 2.09. The van der Waals surface area contributed by atoms with E-state index in [1.54, 1.807) is 6.08 Å². The second kappa shape index (κ2) is 7.95. The van der Waals surface area contributed by atoms with E-state index in [0.29, 0.717) is 12.0 Å². The predicted octanol–water partition coefficient (Wildman–Crippen LogP) is 1.52. The average Bonchev–Trinajstić information content (AvgIpc) is 2.52. The van der Waals surface area contributed by atoms with Crippen molar-refractivity contribution in [1.29, 1.82) is 0 Å². The first-order valence-electron chi connectivity index (χ1n) is 6.95. The first kappa shape index (κ1) is 15.7. The second-order valence-corrected chi connectivity index (χ2v) is 4.90. The van der Waals surface area contributed by atoms with Gasteiger partial charge in [0.1, 0.15) is 5.75 Å². The number of nitrogens with one attached hydrogen (secondary N) is 1. The average molecular weight is 298 g/mol. The molecule has 2 rings (SSSR count). The third-order valence-corrected chi connectivity index (χ3v) is 3.00. The first-order valence-corrected chi connectivity index (χ1v) is 6.95. The quantitative estimate of drug-likeness (QED) is 0.706. The summed E-state index contributed by atoms with van der Waals surface area (Å²) in [4.78, 5) is 15.5. The Kier molecular flexibility index (Phi) is 5.68. The van der Waals surface area contributed by atoms with E-state index >= 15 is 0 Å². The van der Waals surface area contributed by atoms with Crippen LogP contribution in [0.5, 0.6) is 5.75 Å². The number of aliphatic hydroxyl groups is 1.